The Morgan fingerprint density at radius 3 is 2.67 bits per heavy atom. The highest BCUT2D eigenvalue weighted by Crippen LogP contribution is 2.28. The Hall–Kier alpha value is -1.88. The van der Waals surface area contributed by atoms with Crippen LogP contribution in [0.2, 0.25) is 0 Å². The largest absolute Gasteiger partial charge is 0.357 e. The Morgan fingerprint density at radius 2 is 2.06 bits per heavy atom. The molecular formula is C13H16N2O3. The number of nitrogens with zero attached hydrogens (tertiary/aromatic N) is 1. The lowest BCUT2D eigenvalue weighted by Gasteiger charge is -2.38. The van der Waals surface area contributed by atoms with Crippen molar-refractivity contribution in [3.8, 4) is 0 Å². The summed E-state index contributed by atoms with van der Waals surface area (Å²) in [6.45, 7) is -0.0576. The number of benzene rings is 1. The van der Waals surface area contributed by atoms with Gasteiger partial charge in [-0.25, -0.2) is 0 Å². The summed E-state index contributed by atoms with van der Waals surface area (Å²) in [5, 5.41) is 2.57. The summed E-state index contributed by atoms with van der Waals surface area (Å²) in [5.41, 5.74) is 0.890. The quantitative estimate of drug-likeness (QED) is 0.820. The first-order valence-electron chi connectivity index (χ1n) is 5.79. The molecule has 96 valence electrons. The van der Waals surface area contributed by atoms with Crippen LogP contribution in [0.4, 0.5) is 0 Å². The fraction of sp³-hybridized carbons (Fsp3) is 0.385. The number of hydrogen-bond donors (Lipinski definition) is 1. The average Bonchev–Trinajstić information content (AvgIpc) is 2.41. The van der Waals surface area contributed by atoms with E-state index in [1.54, 1.807) is 19.0 Å². The normalized spacial score (nSPS) is 23.9. The average molecular weight is 248 g/mol. The molecule has 1 N–H and O–H groups in total. The molecule has 0 saturated carbocycles. The van der Waals surface area contributed by atoms with Crippen LogP contribution in [0.3, 0.4) is 0 Å². The fourth-order valence-corrected chi connectivity index (χ4v) is 2.12. The monoisotopic (exact) mass is 248 g/mol. The van der Waals surface area contributed by atoms with Gasteiger partial charge in [0.2, 0.25) is 5.91 Å². The molecule has 2 amide bonds. The van der Waals surface area contributed by atoms with E-state index >= 15 is 0 Å². The van der Waals surface area contributed by atoms with E-state index in [0.717, 1.165) is 5.56 Å². The number of ether oxygens (including phenoxy) is 1. The molecule has 5 nitrogen and oxygen atoms in total. The molecular weight excluding hydrogens is 232 g/mol. The lowest BCUT2D eigenvalue weighted by atomic mass is 9.98. The molecule has 1 aromatic rings. The molecule has 2 atom stereocenters. The summed E-state index contributed by atoms with van der Waals surface area (Å²) in [5.74, 6) is -0.341. The van der Waals surface area contributed by atoms with Crippen LogP contribution >= 0.6 is 0 Å². The van der Waals surface area contributed by atoms with Crippen LogP contribution in [0.25, 0.3) is 0 Å². The van der Waals surface area contributed by atoms with E-state index in [1.807, 2.05) is 30.3 Å². The highest BCUT2D eigenvalue weighted by atomic mass is 16.5. The van der Waals surface area contributed by atoms with Gasteiger partial charge in [0.05, 0.1) is 6.04 Å². The highest BCUT2D eigenvalue weighted by Gasteiger charge is 2.39. The van der Waals surface area contributed by atoms with Gasteiger partial charge in [-0.2, -0.15) is 0 Å². The van der Waals surface area contributed by atoms with Gasteiger partial charge in [0, 0.05) is 14.1 Å². The van der Waals surface area contributed by atoms with Crippen LogP contribution in [0.1, 0.15) is 11.6 Å². The molecule has 2 rings (SSSR count). The first kappa shape index (κ1) is 12.6. The van der Waals surface area contributed by atoms with Gasteiger partial charge in [0.1, 0.15) is 6.61 Å². The smallest absolute Gasteiger partial charge is 0.251 e. The maximum Gasteiger partial charge on any atom is 0.251 e. The Balaban J connectivity index is 2.35. The lowest BCUT2D eigenvalue weighted by molar-refractivity contribution is -0.161. The van der Waals surface area contributed by atoms with E-state index in [9.17, 15) is 9.59 Å². The maximum absolute atomic E-state index is 11.8. The minimum absolute atomic E-state index is 0.0576. The van der Waals surface area contributed by atoms with Crippen LogP contribution in [0.5, 0.6) is 0 Å². The summed E-state index contributed by atoms with van der Waals surface area (Å²) in [6.07, 6.45) is -0.667. The summed E-state index contributed by atoms with van der Waals surface area (Å²) < 4.78 is 5.38. The second kappa shape index (κ2) is 5.18. The van der Waals surface area contributed by atoms with Gasteiger partial charge < -0.3 is 15.0 Å². The number of carbonyl (C=O) groups is 2. The fourth-order valence-electron chi connectivity index (χ4n) is 2.12. The van der Waals surface area contributed by atoms with Gasteiger partial charge in [0.15, 0.2) is 6.10 Å². The minimum atomic E-state index is -0.667. The topological polar surface area (TPSA) is 58.6 Å². The number of hydrogen-bond acceptors (Lipinski definition) is 3. The molecule has 0 aromatic heterocycles. The zero-order chi connectivity index (χ0) is 13.1. The number of morpholine rings is 1. The molecule has 0 unspecified atom stereocenters. The first-order chi connectivity index (χ1) is 8.65. The van der Waals surface area contributed by atoms with Crippen molar-refractivity contribution in [2.45, 2.75) is 12.1 Å². The third-order valence-corrected chi connectivity index (χ3v) is 3.13. The molecule has 0 aliphatic carbocycles. The van der Waals surface area contributed by atoms with Gasteiger partial charge in [-0.3, -0.25) is 9.59 Å². The maximum atomic E-state index is 11.8. The van der Waals surface area contributed by atoms with Crippen molar-refractivity contribution in [3.05, 3.63) is 35.9 Å². The number of rotatable bonds is 2. The van der Waals surface area contributed by atoms with Crippen LogP contribution in [-0.4, -0.2) is 43.5 Å². The predicted octanol–water partition coefficient (Wildman–Crippen LogP) is 0.331. The molecule has 1 aliphatic heterocycles. The SMILES string of the molecule is CNC(=O)[C@H]1OCC(=O)N(C)[C@H]1c1ccccc1. The lowest BCUT2D eigenvalue weighted by Crippen LogP contribution is -2.52. The van der Waals surface area contributed by atoms with Crippen molar-refractivity contribution in [2.24, 2.45) is 0 Å². The Morgan fingerprint density at radius 1 is 1.39 bits per heavy atom. The predicted molar refractivity (Wildman–Crippen MR) is 65.8 cm³/mol. The Bertz CT molecular complexity index is 447. The molecule has 1 heterocycles. The van der Waals surface area contributed by atoms with E-state index in [4.69, 9.17) is 4.74 Å². The third-order valence-electron chi connectivity index (χ3n) is 3.13. The van der Waals surface area contributed by atoms with Gasteiger partial charge in [-0.1, -0.05) is 30.3 Å². The molecule has 5 heteroatoms. The molecule has 0 radical (unpaired) electrons. The van der Waals surface area contributed by atoms with Crippen molar-refractivity contribution >= 4 is 11.8 Å². The zero-order valence-corrected chi connectivity index (χ0v) is 10.4. The van der Waals surface area contributed by atoms with Crippen LogP contribution in [0, 0.1) is 0 Å². The molecule has 1 aromatic carbocycles. The standard InChI is InChI=1S/C13H16N2O3/c1-14-13(17)12-11(9-6-4-3-5-7-9)15(2)10(16)8-18-12/h3-7,11-12H,8H2,1-2H3,(H,14,17)/t11-,12-/m0/s1. The molecule has 1 fully saturated rings. The van der Waals surface area contributed by atoms with E-state index in [-0.39, 0.29) is 24.5 Å². The third kappa shape index (κ3) is 2.22. The number of nitrogens with one attached hydrogen (secondary N) is 1. The molecule has 18 heavy (non-hydrogen) atoms. The van der Waals surface area contributed by atoms with Crippen molar-refractivity contribution in [3.63, 3.8) is 0 Å². The van der Waals surface area contributed by atoms with E-state index < -0.39 is 6.10 Å². The first-order valence-corrected chi connectivity index (χ1v) is 5.79. The van der Waals surface area contributed by atoms with Crippen molar-refractivity contribution < 1.29 is 14.3 Å². The number of amides is 2. The van der Waals surface area contributed by atoms with Crippen LogP contribution in [-0.2, 0) is 14.3 Å². The van der Waals surface area contributed by atoms with Crippen molar-refractivity contribution in [1.82, 2.24) is 10.2 Å². The highest BCUT2D eigenvalue weighted by molar-refractivity contribution is 5.86. The van der Waals surface area contributed by atoms with Crippen molar-refractivity contribution in [1.29, 1.82) is 0 Å². The minimum Gasteiger partial charge on any atom is -0.357 e. The van der Waals surface area contributed by atoms with Crippen molar-refractivity contribution in [2.75, 3.05) is 20.7 Å². The second-order valence-electron chi connectivity index (χ2n) is 4.21. The Labute approximate surface area is 106 Å². The summed E-state index contributed by atoms with van der Waals surface area (Å²) in [7, 11) is 3.25. The second-order valence-corrected chi connectivity index (χ2v) is 4.21. The van der Waals surface area contributed by atoms with Crippen LogP contribution in [0.15, 0.2) is 30.3 Å². The summed E-state index contributed by atoms with van der Waals surface area (Å²) in [6, 6.07) is 9.04. The van der Waals surface area contributed by atoms with Gasteiger partial charge in [-0.05, 0) is 5.56 Å². The molecule has 0 bridgehead atoms. The van der Waals surface area contributed by atoms with E-state index in [0.29, 0.717) is 0 Å². The van der Waals surface area contributed by atoms with E-state index in [1.165, 1.54) is 0 Å². The van der Waals surface area contributed by atoms with Crippen LogP contribution < -0.4 is 5.32 Å². The van der Waals surface area contributed by atoms with Gasteiger partial charge in [0.25, 0.3) is 5.91 Å². The molecule has 1 aliphatic rings. The Kier molecular flexibility index (Phi) is 3.62. The summed E-state index contributed by atoms with van der Waals surface area (Å²) >= 11 is 0. The molecule has 0 spiro atoms. The zero-order valence-electron chi connectivity index (χ0n) is 10.4. The van der Waals surface area contributed by atoms with E-state index in [2.05, 4.69) is 5.32 Å². The number of likely N-dealkylation sites (N-methyl/N-ethyl adjacent to an activating group) is 2. The number of carbonyl (C=O) groups excluding carboxylic acids is 2. The van der Waals surface area contributed by atoms with Gasteiger partial charge >= 0.3 is 0 Å². The molecule has 1 saturated heterocycles. The summed E-state index contributed by atoms with van der Waals surface area (Å²) in [4.78, 5) is 25.1. The van der Waals surface area contributed by atoms with Gasteiger partial charge in [-0.15, -0.1) is 0 Å².